The highest BCUT2D eigenvalue weighted by atomic mass is 32.1. The van der Waals surface area contributed by atoms with Crippen LogP contribution in [-0.2, 0) is 22.6 Å². The second-order valence-electron chi connectivity index (χ2n) is 6.41. The van der Waals surface area contributed by atoms with E-state index < -0.39 is 0 Å². The van der Waals surface area contributed by atoms with Crippen LogP contribution < -0.4 is 0 Å². The molecule has 1 aromatic heterocycles. The molecule has 128 valence electrons. The number of benzene rings is 1. The van der Waals surface area contributed by atoms with Gasteiger partial charge in [0.25, 0.3) is 0 Å². The van der Waals surface area contributed by atoms with Gasteiger partial charge in [0.05, 0.1) is 23.4 Å². The van der Waals surface area contributed by atoms with E-state index >= 15 is 0 Å². The number of amides is 1. The molecule has 5 heteroatoms. The summed E-state index contributed by atoms with van der Waals surface area (Å²) in [4.78, 5) is 18.2. The van der Waals surface area contributed by atoms with Crippen LogP contribution in [0, 0.1) is 12.8 Å². The minimum Gasteiger partial charge on any atom is -0.371 e. The number of nitrogens with zero attached hydrogens (tertiary/aromatic N) is 2. The predicted octanol–water partition coefficient (Wildman–Crippen LogP) is 3.45. The SMILES string of the molecule is CC(=O)N1CC[C@H](OCc2csc(C)n2)[C@@H](Cc2ccccc2)C1. The number of carbonyl (C=O) groups is 1. The van der Waals surface area contributed by atoms with Gasteiger partial charge in [0.15, 0.2) is 0 Å². The molecule has 2 heterocycles. The van der Waals surface area contributed by atoms with Crippen LogP contribution in [0.1, 0.15) is 29.6 Å². The van der Waals surface area contributed by atoms with E-state index in [4.69, 9.17) is 4.74 Å². The number of rotatable bonds is 5. The quantitative estimate of drug-likeness (QED) is 0.834. The molecule has 24 heavy (non-hydrogen) atoms. The van der Waals surface area contributed by atoms with E-state index in [1.807, 2.05) is 17.9 Å². The summed E-state index contributed by atoms with van der Waals surface area (Å²) in [5.74, 6) is 0.478. The zero-order chi connectivity index (χ0) is 16.9. The van der Waals surface area contributed by atoms with Gasteiger partial charge in [0.1, 0.15) is 0 Å². The van der Waals surface area contributed by atoms with Gasteiger partial charge in [-0.1, -0.05) is 30.3 Å². The number of carbonyl (C=O) groups excluding carboxylic acids is 1. The predicted molar refractivity (Wildman–Crippen MR) is 95.9 cm³/mol. The van der Waals surface area contributed by atoms with Crippen LogP contribution in [0.2, 0.25) is 0 Å². The molecule has 0 spiro atoms. The van der Waals surface area contributed by atoms with Gasteiger partial charge >= 0.3 is 0 Å². The normalized spacial score (nSPS) is 21.0. The van der Waals surface area contributed by atoms with Crippen molar-refractivity contribution in [2.24, 2.45) is 5.92 Å². The maximum atomic E-state index is 11.8. The largest absolute Gasteiger partial charge is 0.371 e. The van der Waals surface area contributed by atoms with Gasteiger partial charge in [-0.3, -0.25) is 4.79 Å². The lowest BCUT2D eigenvalue weighted by Crippen LogP contribution is -2.46. The Morgan fingerprint density at radius 3 is 2.83 bits per heavy atom. The fraction of sp³-hybridized carbons (Fsp3) is 0.474. The lowest BCUT2D eigenvalue weighted by molar-refractivity contribution is -0.134. The first-order valence-electron chi connectivity index (χ1n) is 8.44. The number of aryl methyl sites for hydroxylation is 1. The summed E-state index contributed by atoms with van der Waals surface area (Å²) in [6.07, 6.45) is 1.99. The van der Waals surface area contributed by atoms with Crippen molar-refractivity contribution >= 4 is 17.2 Å². The summed E-state index contributed by atoms with van der Waals surface area (Å²) in [5.41, 5.74) is 2.30. The first-order valence-corrected chi connectivity index (χ1v) is 9.32. The third kappa shape index (κ3) is 4.42. The maximum Gasteiger partial charge on any atom is 0.219 e. The molecule has 1 aromatic carbocycles. The van der Waals surface area contributed by atoms with E-state index in [-0.39, 0.29) is 12.0 Å². The molecule has 1 fully saturated rings. The summed E-state index contributed by atoms with van der Waals surface area (Å²) in [7, 11) is 0. The molecule has 0 aliphatic carbocycles. The number of ether oxygens (including phenoxy) is 1. The second kappa shape index (κ2) is 7.90. The molecule has 2 aromatic rings. The van der Waals surface area contributed by atoms with Gasteiger partial charge in [-0.15, -0.1) is 11.3 Å². The highest BCUT2D eigenvalue weighted by molar-refractivity contribution is 7.09. The highest BCUT2D eigenvalue weighted by Gasteiger charge is 2.31. The summed E-state index contributed by atoms with van der Waals surface area (Å²) >= 11 is 1.65. The van der Waals surface area contributed by atoms with Crippen LogP contribution in [0.15, 0.2) is 35.7 Å². The fourth-order valence-corrected chi connectivity index (χ4v) is 3.89. The molecule has 0 bridgehead atoms. The standard InChI is InChI=1S/C19H24N2O2S/c1-14-20-18(13-24-14)12-23-19-8-9-21(15(2)22)11-17(19)10-16-6-4-3-5-7-16/h3-7,13,17,19H,8-12H2,1-2H3/t17-,19-/m0/s1. The van der Waals surface area contributed by atoms with E-state index in [1.165, 1.54) is 5.56 Å². The molecule has 1 aliphatic rings. The number of hydrogen-bond donors (Lipinski definition) is 0. The Balaban J connectivity index is 1.66. The minimum atomic E-state index is 0.154. The molecule has 0 N–H and O–H groups in total. The number of aromatic nitrogens is 1. The van der Waals surface area contributed by atoms with Crippen molar-refractivity contribution < 1.29 is 9.53 Å². The monoisotopic (exact) mass is 344 g/mol. The van der Waals surface area contributed by atoms with Crippen LogP contribution in [0.5, 0.6) is 0 Å². The first kappa shape index (κ1) is 17.1. The average Bonchev–Trinajstić information content (AvgIpc) is 3.00. The smallest absolute Gasteiger partial charge is 0.219 e. The number of hydrogen-bond acceptors (Lipinski definition) is 4. The maximum absolute atomic E-state index is 11.8. The van der Waals surface area contributed by atoms with Crippen molar-refractivity contribution in [3.05, 3.63) is 52.0 Å². The van der Waals surface area contributed by atoms with Crippen LogP contribution in [0.3, 0.4) is 0 Å². The molecule has 0 radical (unpaired) electrons. The van der Waals surface area contributed by atoms with Gasteiger partial charge in [-0.2, -0.15) is 0 Å². The Kier molecular flexibility index (Phi) is 5.63. The molecular formula is C19H24N2O2S. The first-order chi connectivity index (χ1) is 11.6. The van der Waals surface area contributed by atoms with E-state index in [9.17, 15) is 4.79 Å². The summed E-state index contributed by atoms with van der Waals surface area (Å²) in [5, 5.41) is 3.13. The molecule has 0 unspecified atom stereocenters. The van der Waals surface area contributed by atoms with Crippen molar-refractivity contribution in [1.29, 1.82) is 0 Å². The van der Waals surface area contributed by atoms with Crippen molar-refractivity contribution in [1.82, 2.24) is 9.88 Å². The zero-order valence-corrected chi connectivity index (χ0v) is 15.1. The molecule has 1 amide bonds. The molecule has 0 saturated carbocycles. The Morgan fingerprint density at radius 1 is 1.38 bits per heavy atom. The van der Waals surface area contributed by atoms with Gasteiger partial charge in [0, 0.05) is 31.3 Å². The van der Waals surface area contributed by atoms with Crippen LogP contribution in [0.4, 0.5) is 0 Å². The lowest BCUT2D eigenvalue weighted by atomic mass is 9.88. The lowest BCUT2D eigenvalue weighted by Gasteiger charge is -2.38. The van der Waals surface area contributed by atoms with Crippen LogP contribution >= 0.6 is 11.3 Å². The van der Waals surface area contributed by atoms with E-state index in [2.05, 4.69) is 34.6 Å². The third-order valence-corrected chi connectivity index (χ3v) is 5.38. The topological polar surface area (TPSA) is 42.4 Å². The van der Waals surface area contributed by atoms with Gasteiger partial charge < -0.3 is 9.64 Å². The van der Waals surface area contributed by atoms with E-state index in [1.54, 1.807) is 18.3 Å². The number of thiazole rings is 1. The molecular weight excluding hydrogens is 320 g/mol. The molecule has 3 rings (SSSR count). The molecule has 1 saturated heterocycles. The highest BCUT2D eigenvalue weighted by Crippen LogP contribution is 2.25. The average molecular weight is 344 g/mol. The fourth-order valence-electron chi connectivity index (χ4n) is 3.30. The Hall–Kier alpha value is -1.72. The molecule has 1 aliphatic heterocycles. The van der Waals surface area contributed by atoms with Gasteiger partial charge in [0.2, 0.25) is 5.91 Å². The van der Waals surface area contributed by atoms with Crippen molar-refractivity contribution in [2.75, 3.05) is 13.1 Å². The van der Waals surface area contributed by atoms with E-state index in [0.29, 0.717) is 12.5 Å². The van der Waals surface area contributed by atoms with Crippen molar-refractivity contribution in [3.63, 3.8) is 0 Å². The minimum absolute atomic E-state index is 0.154. The summed E-state index contributed by atoms with van der Waals surface area (Å²) in [6, 6.07) is 10.5. The zero-order valence-electron chi connectivity index (χ0n) is 14.3. The van der Waals surface area contributed by atoms with Gasteiger partial charge in [-0.25, -0.2) is 4.98 Å². The third-order valence-electron chi connectivity index (χ3n) is 4.56. The number of likely N-dealkylation sites (tertiary alicyclic amines) is 1. The van der Waals surface area contributed by atoms with Crippen LogP contribution in [0.25, 0.3) is 0 Å². The van der Waals surface area contributed by atoms with Crippen molar-refractivity contribution in [3.8, 4) is 0 Å². The van der Waals surface area contributed by atoms with Crippen molar-refractivity contribution in [2.45, 2.75) is 39.4 Å². The molecule has 4 nitrogen and oxygen atoms in total. The summed E-state index contributed by atoms with van der Waals surface area (Å²) in [6.45, 7) is 5.77. The Labute approximate surface area is 147 Å². The Morgan fingerprint density at radius 2 is 2.17 bits per heavy atom. The second-order valence-corrected chi connectivity index (χ2v) is 7.47. The van der Waals surface area contributed by atoms with Gasteiger partial charge in [-0.05, 0) is 25.3 Å². The summed E-state index contributed by atoms with van der Waals surface area (Å²) < 4.78 is 6.20. The Bertz CT molecular complexity index is 671. The van der Waals surface area contributed by atoms with E-state index in [0.717, 1.165) is 36.6 Å². The number of piperidine rings is 1. The molecule has 2 atom stereocenters. The van der Waals surface area contributed by atoms with Crippen LogP contribution in [-0.4, -0.2) is 35.0 Å².